The van der Waals surface area contributed by atoms with E-state index in [-0.39, 0.29) is 11.9 Å². The van der Waals surface area contributed by atoms with E-state index in [2.05, 4.69) is 17.0 Å². The fourth-order valence-electron chi connectivity index (χ4n) is 1.64. The van der Waals surface area contributed by atoms with Gasteiger partial charge in [0.15, 0.2) is 0 Å². The molecule has 4 nitrogen and oxygen atoms in total. The van der Waals surface area contributed by atoms with Crippen LogP contribution in [0.3, 0.4) is 0 Å². The van der Waals surface area contributed by atoms with E-state index in [0.717, 1.165) is 23.4 Å². The van der Waals surface area contributed by atoms with Gasteiger partial charge in [0.2, 0.25) is 0 Å². The summed E-state index contributed by atoms with van der Waals surface area (Å²) in [5.74, 6) is 6.38. The predicted molar refractivity (Wildman–Crippen MR) is 78.9 cm³/mol. The van der Waals surface area contributed by atoms with Gasteiger partial charge in [-0.25, -0.2) is 0 Å². The van der Waals surface area contributed by atoms with E-state index in [9.17, 15) is 4.79 Å². The van der Waals surface area contributed by atoms with E-state index < -0.39 is 0 Å². The third kappa shape index (κ3) is 4.23. The number of benzene rings is 1. The Hall–Kier alpha value is -1.20. The van der Waals surface area contributed by atoms with E-state index in [0.29, 0.717) is 5.56 Å². The molecule has 1 rings (SSSR count). The minimum atomic E-state index is -0.0322. The van der Waals surface area contributed by atoms with Crippen LogP contribution < -0.4 is 16.6 Å². The van der Waals surface area contributed by atoms with Gasteiger partial charge in [0, 0.05) is 11.6 Å². The number of nitrogens with two attached hydrogens (primary N) is 1. The van der Waals surface area contributed by atoms with Crippen molar-refractivity contribution in [2.45, 2.75) is 26.3 Å². The first kappa shape index (κ1) is 14.9. The lowest BCUT2D eigenvalue weighted by Crippen LogP contribution is -2.33. The van der Waals surface area contributed by atoms with Crippen LogP contribution in [0.25, 0.3) is 0 Å². The Bertz CT molecular complexity index is 409. The molecule has 4 N–H and O–H groups in total. The van der Waals surface area contributed by atoms with Gasteiger partial charge in [0.1, 0.15) is 0 Å². The lowest BCUT2D eigenvalue weighted by molar-refractivity contribution is 0.0939. The quantitative estimate of drug-likeness (QED) is 0.546. The van der Waals surface area contributed by atoms with Gasteiger partial charge in [-0.15, -0.1) is 0 Å². The normalized spacial score (nSPS) is 12.0. The van der Waals surface area contributed by atoms with Gasteiger partial charge in [0.05, 0.1) is 5.69 Å². The number of nitrogens with one attached hydrogen (secondary N) is 2. The number of nitrogen functional groups attached to an aromatic ring is 1. The van der Waals surface area contributed by atoms with Crippen molar-refractivity contribution >= 4 is 23.4 Å². The average Bonchev–Trinajstić information content (AvgIpc) is 2.36. The molecule has 5 heteroatoms. The smallest absolute Gasteiger partial charge is 0.251 e. The van der Waals surface area contributed by atoms with Gasteiger partial charge in [-0.1, -0.05) is 0 Å². The minimum Gasteiger partial charge on any atom is -0.350 e. The minimum absolute atomic E-state index is 0.0322. The van der Waals surface area contributed by atoms with Crippen LogP contribution in [0.4, 0.5) is 5.69 Å². The molecule has 0 aliphatic heterocycles. The van der Waals surface area contributed by atoms with Gasteiger partial charge in [0.25, 0.3) is 5.91 Å². The Balaban J connectivity index is 2.64. The summed E-state index contributed by atoms with van der Waals surface area (Å²) in [6.45, 7) is 3.94. The molecule has 0 heterocycles. The first-order valence-electron chi connectivity index (χ1n) is 5.95. The van der Waals surface area contributed by atoms with Gasteiger partial charge >= 0.3 is 0 Å². The second-order valence-corrected chi connectivity index (χ2v) is 5.32. The Morgan fingerprint density at radius 3 is 2.78 bits per heavy atom. The van der Waals surface area contributed by atoms with Crippen LogP contribution in [0.5, 0.6) is 0 Å². The first-order chi connectivity index (χ1) is 8.58. The van der Waals surface area contributed by atoms with Crippen molar-refractivity contribution in [1.82, 2.24) is 5.32 Å². The molecule has 0 saturated carbocycles. The second-order valence-electron chi connectivity index (χ2n) is 4.33. The molecule has 0 aromatic heterocycles. The van der Waals surface area contributed by atoms with Gasteiger partial charge < -0.3 is 10.7 Å². The van der Waals surface area contributed by atoms with Crippen molar-refractivity contribution < 1.29 is 4.79 Å². The van der Waals surface area contributed by atoms with Crippen molar-refractivity contribution in [3.63, 3.8) is 0 Å². The van der Waals surface area contributed by atoms with Crippen LogP contribution in [-0.2, 0) is 0 Å². The molecule has 1 aromatic rings. The fourth-order valence-corrected chi connectivity index (χ4v) is 2.23. The summed E-state index contributed by atoms with van der Waals surface area (Å²) in [4.78, 5) is 12.0. The molecule has 1 atom stereocenters. The Kier molecular flexibility index (Phi) is 6.01. The van der Waals surface area contributed by atoms with Crippen molar-refractivity contribution in [3.8, 4) is 0 Å². The van der Waals surface area contributed by atoms with E-state index >= 15 is 0 Å². The van der Waals surface area contributed by atoms with E-state index in [1.807, 2.05) is 26.0 Å². The third-order valence-electron chi connectivity index (χ3n) is 2.78. The van der Waals surface area contributed by atoms with Crippen LogP contribution in [0.2, 0.25) is 0 Å². The monoisotopic (exact) mass is 267 g/mol. The summed E-state index contributed by atoms with van der Waals surface area (Å²) in [5.41, 5.74) is 5.06. The molecule has 0 saturated heterocycles. The highest BCUT2D eigenvalue weighted by molar-refractivity contribution is 7.98. The largest absolute Gasteiger partial charge is 0.350 e. The lowest BCUT2D eigenvalue weighted by atomic mass is 10.1. The number of hydrazine groups is 1. The molecule has 100 valence electrons. The molecule has 0 aliphatic rings. The van der Waals surface area contributed by atoms with Crippen molar-refractivity contribution in [2.24, 2.45) is 5.84 Å². The van der Waals surface area contributed by atoms with Gasteiger partial charge in [-0.05, 0) is 56.0 Å². The standard InChI is InChI=1S/C13H21N3OS/c1-9-8-11(4-5-12(9)16-14)13(17)15-10(2)6-7-18-3/h4-5,8,10,16H,6-7,14H2,1-3H3,(H,15,17). The molecule has 1 aromatic carbocycles. The molecule has 0 bridgehead atoms. The number of anilines is 1. The number of aryl methyl sites for hydroxylation is 1. The maximum atomic E-state index is 12.0. The molecular formula is C13H21N3OS. The maximum Gasteiger partial charge on any atom is 0.251 e. The molecule has 0 spiro atoms. The summed E-state index contributed by atoms with van der Waals surface area (Å²) in [7, 11) is 0. The highest BCUT2D eigenvalue weighted by atomic mass is 32.2. The lowest BCUT2D eigenvalue weighted by Gasteiger charge is -2.14. The number of carbonyl (C=O) groups excluding carboxylic acids is 1. The number of amides is 1. The fraction of sp³-hybridized carbons (Fsp3) is 0.462. The molecule has 1 unspecified atom stereocenters. The number of carbonyl (C=O) groups is 1. The van der Waals surface area contributed by atoms with E-state index in [1.54, 1.807) is 17.8 Å². The zero-order chi connectivity index (χ0) is 13.5. The molecule has 18 heavy (non-hydrogen) atoms. The molecule has 0 aliphatic carbocycles. The second kappa shape index (κ2) is 7.28. The number of rotatable bonds is 6. The highest BCUT2D eigenvalue weighted by Gasteiger charge is 2.10. The zero-order valence-electron chi connectivity index (χ0n) is 11.1. The Labute approximate surface area is 113 Å². The molecule has 0 fully saturated rings. The zero-order valence-corrected chi connectivity index (χ0v) is 11.9. The predicted octanol–water partition coefficient (Wildman–Crippen LogP) is 2.15. The first-order valence-corrected chi connectivity index (χ1v) is 7.35. The Morgan fingerprint density at radius 1 is 1.50 bits per heavy atom. The van der Waals surface area contributed by atoms with Crippen LogP contribution in [-0.4, -0.2) is 24.0 Å². The average molecular weight is 267 g/mol. The number of hydrogen-bond acceptors (Lipinski definition) is 4. The molecule has 0 radical (unpaired) electrons. The van der Waals surface area contributed by atoms with Crippen molar-refractivity contribution in [2.75, 3.05) is 17.4 Å². The molecular weight excluding hydrogens is 246 g/mol. The van der Waals surface area contributed by atoms with Gasteiger partial charge in [-0.2, -0.15) is 11.8 Å². The summed E-state index contributed by atoms with van der Waals surface area (Å²) in [5, 5.41) is 2.99. The van der Waals surface area contributed by atoms with Crippen LogP contribution in [0.15, 0.2) is 18.2 Å². The third-order valence-corrected chi connectivity index (χ3v) is 3.42. The van der Waals surface area contributed by atoms with E-state index in [1.165, 1.54) is 0 Å². The number of hydrogen-bond donors (Lipinski definition) is 3. The number of thioether (sulfide) groups is 1. The Morgan fingerprint density at radius 2 is 2.22 bits per heavy atom. The summed E-state index contributed by atoms with van der Waals surface area (Å²) in [6.07, 6.45) is 3.05. The van der Waals surface area contributed by atoms with Crippen LogP contribution in [0, 0.1) is 6.92 Å². The SMILES string of the molecule is CSCCC(C)NC(=O)c1ccc(NN)c(C)c1. The van der Waals surface area contributed by atoms with Crippen LogP contribution in [0.1, 0.15) is 29.3 Å². The van der Waals surface area contributed by atoms with Crippen molar-refractivity contribution in [1.29, 1.82) is 0 Å². The summed E-state index contributed by atoms with van der Waals surface area (Å²) >= 11 is 1.79. The topological polar surface area (TPSA) is 67.2 Å². The summed E-state index contributed by atoms with van der Waals surface area (Å²) < 4.78 is 0. The molecule has 1 amide bonds. The summed E-state index contributed by atoms with van der Waals surface area (Å²) in [6, 6.07) is 5.62. The highest BCUT2D eigenvalue weighted by Crippen LogP contribution is 2.15. The van der Waals surface area contributed by atoms with Crippen molar-refractivity contribution in [3.05, 3.63) is 29.3 Å². The maximum absolute atomic E-state index is 12.0. The van der Waals surface area contributed by atoms with Crippen LogP contribution >= 0.6 is 11.8 Å². The van der Waals surface area contributed by atoms with E-state index in [4.69, 9.17) is 5.84 Å². The van der Waals surface area contributed by atoms with Gasteiger partial charge in [-0.3, -0.25) is 10.6 Å².